The van der Waals surface area contributed by atoms with E-state index in [4.69, 9.17) is 9.47 Å². The van der Waals surface area contributed by atoms with Crippen molar-refractivity contribution in [2.75, 3.05) is 20.7 Å². The van der Waals surface area contributed by atoms with Gasteiger partial charge in [0.2, 0.25) is 0 Å². The number of hydrogen-bond donors (Lipinski definition) is 2. The highest BCUT2D eigenvalue weighted by Crippen LogP contribution is 2.26. The van der Waals surface area contributed by atoms with Crippen LogP contribution in [0.1, 0.15) is 31.0 Å². The summed E-state index contributed by atoms with van der Waals surface area (Å²) in [5, 5.41) is 6.74. The van der Waals surface area contributed by atoms with Crippen LogP contribution < -0.4 is 20.1 Å². The number of nitrogens with one attached hydrogen (secondary N) is 2. The second-order valence-corrected chi connectivity index (χ2v) is 6.26. The molecule has 2 rings (SSSR count). The van der Waals surface area contributed by atoms with E-state index in [1.54, 1.807) is 14.2 Å². The molecule has 0 fully saturated rings. The molecule has 2 aromatic carbocycles. The zero-order chi connectivity index (χ0) is 18.9. The maximum absolute atomic E-state index is 5.97. The van der Waals surface area contributed by atoms with E-state index in [0.29, 0.717) is 6.54 Å². The van der Waals surface area contributed by atoms with Crippen molar-refractivity contribution < 1.29 is 9.47 Å². The third-order valence-electron chi connectivity index (χ3n) is 4.19. The Morgan fingerprint density at radius 2 is 1.67 bits per heavy atom. The second-order valence-electron chi connectivity index (χ2n) is 6.26. The minimum Gasteiger partial charge on any atom is -0.493 e. The molecule has 0 heterocycles. The molecular weight excluding hydrogens is 453 g/mol. The third-order valence-corrected chi connectivity index (χ3v) is 4.19. The van der Waals surface area contributed by atoms with Crippen molar-refractivity contribution in [1.29, 1.82) is 0 Å². The van der Waals surface area contributed by atoms with Gasteiger partial charge in [-0.3, -0.25) is 4.99 Å². The largest absolute Gasteiger partial charge is 0.493 e. The Morgan fingerprint density at radius 1 is 1.04 bits per heavy atom. The summed E-state index contributed by atoms with van der Waals surface area (Å²) < 4.78 is 11.3. The zero-order valence-electron chi connectivity index (χ0n) is 16.7. The number of aryl methyl sites for hydroxylation is 1. The Bertz CT molecular complexity index is 737. The Morgan fingerprint density at radius 3 is 2.30 bits per heavy atom. The summed E-state index contributed by atoms with van der Waals surface area (Å²) in [6.07, 6.45) is -0.0429. The number of nitrogens with zero attached hydrogens (tertiary/aromatic N) is 1. The number of rotatable bonds is 7. The highest BCUT2D eigenvalue weighted by Gasteiger charge is 2.12. The first-order chi connectivity index (χ1) is 12.5. The fourth-order valence-corrected chi connectivity index (χ4v) is 2.77. The molecule has 0 aromatic heterocycles. The number of methoxy groups -OCH3 is 1. The molecule has 0 saturated carbocycles. The van der Waals surface area contributed by atoms with Crippen molar-refractivity contribution in [1.82, 2.24) is 10.6 Å². The first-order valence-corrected chi connectivity index (χ1v) is 8.87. The van der Waals surface area contributed by atoms with Gasteiger partial charge in [-0.1, -0.05) is 36.4 Å². The summed E-state index contributed by atoms with van der Waals surface area (Å²) in [7, 11) is 3.41. The molecule has 6 heteroatoms. The van der Waals surface area contributed by atoms with Gasteiger partial charge in [-0.05, 0) is 44.0 Å². The number of halogens is 1. The minimum absolute atomic E-state index is 0. The van der Waals surface area contributed by atoms with Crippen LogP contribution in [-0.2, 0) is 0 Å². The minimum atomic E-state index is -0.0429. The second kappa shape index (κ2) is 11.7. The maximum atomic E-state index is 5.97. The lowest BCUT2D eigenvalue weighted by atomic mass is 10.0. The van der Waals surface area contributed by atoms with Gasteiger partial charge in [-0.15, -0.1) is 24.0 Å². The van der Waals surface area contributed by atoms with Gasteiger partial charge in [0.25, 0.3) is 0 Å². The number of hydrogen-bond acceptors (Lipinski definition) is 3. The van der Waals surface area contributed by atoms with Crippen molar-refractivity contribution in [2.24, 2.45) is 4.99 Å². The molecule has 0 bridgehead atoms. The van der Waals surface area contributed by atoms with Crippen molar-refractivity contribution in [2.45, 2.75) is 32.9 Å². The summed E-state index contributed by atoms with van der Waals surface area (Å²) in [6, 6.07) is 16.2. The molecule has 0 aliphatic carbocycles. The molecule has 27 heavy (non-hydrogen) atoms. The van der Waals surface area contributed by atoms with Gasteiger partial charge < -0.3 is 20.1 Å². The topological polar surface area (TPSA) is 54.9 Å². The smallest absolute Gasteiger partial charge is 0.191 e. The van der Waals surface area contributed by atoms with Gasteiger partial charge in [0.15, 0.2) is 17.5 Å². The Balaban J connectivity index is 0.00000364. The van der Waals surface area contributed by atoms with Gasteiger partial charge in [0.05, 0.1) is 19.7 Å². The lowest BCUT2D eigenvalue weighted by Gasteiger charge is -2.22. The van der Waals surface area contributed by atoms with E-state index in [0.717, 1.165) is 17.5 Å². The molecule has 0 aliphatic heterocycles. The Kier molecular flexibility index (Phi) is 9.99. The van der Waals surface area contributed by atoms with Gasteiger partial charge in [-0.2, -0.15) is 0 Å². The summed E-state index contributed by atoms with van der Waals surface area (Å²) in [6.45, 7) is 6.88. The van der Waals surface area contributed by atoms with Crippen LogP contribution in [0.5, 0.6) is 11.5 Å². The first kappa shape index (κ1) is 23.1. The van der Waals surface area contributed by atoms with E-state index in [2.05, 4.69) is 53.7 Å². The number of para-hydroxylation sites is 2. The van der Waals surface area contributed by atoms with Crippen LogP contribution in [0.3, 0.4) is 0 Å². The maximum Gasteiger partial charge on any atom is 0.191 e. The summed E-state index contributed by atoms with van der Waals surface area (Å²) in [5.74, 6) is 2.21. The van der Waals surface area contributed by atoms with E-state index in [1.165, 1.54) is 11.1 Å². The highest BCUT2D eigenvalue weighted by atomic mass is 127. The van der Waals surface area contributed by atoms with Crippen molar-refractivity contribution in [3.05, 3.63) is 59.7 Å². The van der Waals surface area contributed by atoms with Gasteiger partial charge in [-0.25, -0.2) is 0 Å². The highest BCUT2D eigenvalue weighted by molar-refractivity contribution is 14.0. The van der Waals surface area contributed by atoms with Crippen molar-refractivity contribution >= 4 is 29.9 Å². The van der Waals surface area contributed by atoms with Gasteiger partial charge in [0, 0.05) is 7.05 Å². The molecule has 0 amide bonds. The molecule has 2 unspecified atom stereocenters. The first-order valence-electron chi connectivity index (χ1n) is 8.87. The number of benzene rings is 2. The Labute approximate surface area is 179 Å². The lowest BCUT2D eigenvalue weighted by molar-refractivity contribution is 0.213. The van der Waals surface area contributed by atoms with Gasteiger partial charge in [0.1, 0.15) is 6.10 Å². The monoisotopic (exact) mass is 483 g/mol. The number of ether oxygens (including phenoxy) is 2. The van der Waals surface area contributed by atoms with E-state index in [1.807, 2.05) is 31.2 Å². The third kappa shape index (κ3) is 6.93. The molecule has 0 saturated heterocycles. The molecular formula is C21H30IN3O2. The molecule has 0 spiro atoms. The zero-order valence-corrected chi connectivity index (χ0v) is 19.0. The fourth-order valence-electron chi connectivity index (χ4n) is 2.77. The Hall–Kier alpha value is -1.96. The average Bonchev–Trinajstić information content (AvgIpc) is 2.65. The predicted molar refractivity (Wildman–Crippen MR) is 123 cm³/mol. The van der Waals surface area contributed by atoms with E-state index in [-0.39, 0.29) is 36.1 Å². The molecule has 2 aromatic rings. The summed E-state index contributed by atoms with van der Waals surface area (Å²) in [4.78, 5) is 4.31. The SMILES string of the molecule is CN=C(NCC(C)Oc1ccccc1OC)NC(C)c1ccccc1C.I. The van der Waals surface area contributed by atoms with Crippen LogP contribution in [0.15, 0.2) is 53.5 Å². The standard InChI is InChI=1S/C21H29N3O2.HI/c1-15-10-6-7-11-18(15)17(3)24-21(22-4)23-14-16(2)26-20-13-9-8-12-19(20)25-5;/h6-13,16-17H,14H2,1-5H3,(H2,22,23,24);1H. The molecule has 148 valence electrons. The predicted octanol–water partition coefficient (Wildman–Crippen LogP) is 4.32. The quantitative estimate of drug-likeness (QED) is 0.350. The van der Waals surface area contributed by atoms with E-state index >= 15 is 0 Å². The fraction of sp³-hybridized carbons (Fsp3) is 0.381. The van der Waals surface area contributed by atoms with Crippen LogP contribution in [0.4, 0.5) is 0 Å². The summed E-state index contributed by atoms with van der Waals surface area (Å²) >= 11 is 0. The molecule has 2 N–H and O–H groups in total. The van der Waals surface area contributed by atoms with Crippen LogP contribution in [-0.4, -0.2) is 32.8 Å². The number of aliphatic imine (C=N–C) groups is 1. The van der Waals surface area contributed by atoms with Crippen molar-refractivity contribution in [3.8, 4) is 11.5 Å². The number of guanidine groups is 1. The van der Waals surface area contributed by atoms with Crippen LogP contribution in [0, 0.1) is 6.92 Å². The van der Waals surface area contributed by atoms with E-state index < -0.39 is 0 Å². The lowest BCUT2D eigenvalue weighted by Crippen LogP contribution is -2.42. The van der Waals surface area contributed by atoms with Crippen LogP contribution >= 0.6 is 24.0 Å². The van der Waals surface area contributed by atoms with E-state index in [9.17, 15) is 0 Å². The molecule has 5 nitrogen and oxygen atoms in total. The molecule has 0 radical (unpaired) electrons. The van der Waals surface area contributed by atoms with Gasteiger partial charge >= 0.3 is 0 Å². The normalized spacial score (nSPS) is 13.1. The summed E-state index contributed by atoms with van der Waals surface area (Å²) in [5.41, 5.74) is 2.52. The molecule has 0 aliphatic rings. The van der Waals surface area contributed by atoms with Crippen molar-refractivity contribution in [3.63, 3.8) is 0 Å². The average molecular weight is 483 g/mol. The van der Waals surface area contributed by atoms with Crippen LogP contribution in [0.25, 0.3) is 0 Å². The molecule has 2 atom stereocenters. The van der Waals surface area contributed by atoms with Crippen LogP contribution in [0.2, 0.25) is 0 Å².